The van der Waals surface area contributed by atoms with Gasteiger partial charge in [-0.2, -0.15) is 0 Å². The number of furan rings is 1. The Balaban J connectivity index is 1.85. The van der Waals surface area contributed by atoms with Gasteiger partial charge in [0.05, 0.1) is 6.54 Å². The van der Waals surface area contributed by atoms with Gasteiger partial charge >= 0.3 is 0 Å². The summed E-state index contributed by atoms with van der Waals surface area (Å²) in [6, 6.07) is 8.76. The van der Waals surface area contributed by atoms with Gasteiger partial charge < -0.3 is 14.9 Å². The van der Waals surface area contributed by atoms with Crippen LogP contribution in [-0.4, -0.2) is 31.2 Å². The molecule has 1 aliphatic heterocycles. The van der Waals surface area contributed by atoms with Crippen LogP contribution in [0.4, 0.5) is 0 Å². The highest BCUT2D eigenvalue weighted by Crippen LogP contribution is 2.28. The van der Waals surface area contributed by atoms with Gasteiger partial charge in [-0.05, 0) is 26.0 Å². The van der Waals surface area contributed by atoms with Crippen molar-refractivity contribution < 1.29 is 9.15 Å². The van der Waals surface area contributed by atoms with Crippen LogP contribution in [0.5, 0.6) is 0 Å². The molecule has 2 N–H and O–H groups in total. The van der Waals surface area contributed by atoms with Crippen molar-refractivity contribution in [1.82, 2.24) is 4.90 Å². The van der Waals surface area contributed by atoms with E-state index in [1.165, 1.54) is 10.9 Å². The molecular weight excluding hydrogens is 252 g/mol. The molecule has 0 spiro atoms. The highest BCUT2D eigenvalue weighted by Gasteiger charge is 2.21. The van der Waals surface area contributed by atoms with Crippen LogP contribution in [0.2, 0.25) is 0 Å². The molecule has 0 unspecified atom stereocenters. The first-order valence-electron chi connectivity index (χ1n) is 7.27. The van der Waals surface area contributed by atoms with Crippen LogP contribution in [0.25, 0.3) is 11.0 Å². The zero-order valence-electron chi connectivity index (χ0n) is 12.0. The normalized spacial score (nSPS) is 17.1. The summed E-state index contributed by atoms with van der Waals surface area (Å²) < 4.78 is 11.3. The first kappa shape index (κ1) is 13.6. The van der Waals surface area contributed by atoms with E-state index in [4.69, 9.17) is 14.9 Å². The van der Waals surface area contributed by atoms with E-state index in [1.54, 1.807) is 0 Å². The van der Waals surface area contributed by atoms with Crippen LogP contribution < -0.4 is 5.73 Å². The predicted octanol–water partition coefficient (Wildman–Crippen LogP) is 2.50. The summed E-state index contributed by atoms with van der Waals surface area (Å²) >= 11 is 0. The Hall–Kier alpha value is -1.36. The Labute approximate surface area is 119 Å². The molecule has 0 saturated carbocycles. The van der Waals surface area contributed by atoms with E-state index >= 15 is 0 Å². The zero-order valence-corrected chi connectivity index (χ0v) is 12.0. The fourth-order valence-electron chi connectivity index (χ4n) is 2.99. The average Bonchev–Trinajstić information content (AvgIpc) is 2.86. The molecule has 0 amide bonds. The number of para-hydroxylation sites is 1. The third kappa shape index (κ3) is 2.59. The maximum absolute atomic E-state index is 5.86. The van der Waals surface area contributed by atoms with E-state index in [0.29, 0.717) is 12.6 Å². The van der Waals surface area contributed by atoms with Crippen molar-refractivity contribution in [2.24, 2.45) is 5.73 Å². The molecule has 2 heterocycles. The molecule has 2 aromatic rings. The summed E-state index contributed by atoms with van der Waals surface area (Å²) in [5, 5.41) is 1.19. The Kier molecular flexibility index (Phi) is 4.05. The van der Waals surface area contributed by atoms with Gasteiger partial charge in [-0.15, -0.1) is 0 Å². The highest BCUT2D eigenvalue weighted by molar-refractivity contribution is 5.82. The topological polar surface area (TPSA) is 51.6 Å². The van der Waals surface area contributed by atoms with Crippen molar-refractivity contribution in [1.29, 1.82) is 0 Å². The molecule has 1 saturated heterocycles. The van der Waals surface area contributed by atoms with Crippen molar-refractivity contribution in [3.05, 3.63) is 35.6 Å². The van der Waals surface area contributed by atoms with E-state index in [2.05, 4.69) is 24.1 Å². The van der Waals surface area contributed by atoms with Gasteiger partial charge in [0, 0.05) is 36.8 Å². The summed E-state index contributed by atoms with van der Waals surface area (Å²) in [5.74, 6) is 0.908. The lowest BCUT2D eigenvalue weighted by molar-refractivity contribution is 0.0406. The average molecular weight is 274 g/mol. The summed E-state index contributed by atoms with van der Waals surface area (Å²) in [6.07, 6.45) is 2.20. The number of ether oxygens (including phenoxy) is 1. The molecule has 1 aliphatic rings. The lowest BCUT2D eigenvalue weighted by Crippen LogP contribution is -2.36. The summed E-state index contributed by atoms with van der Waals surface area (Å²) in [5.41, 5.74) is 8.00. The molecule has 0 aliphatic carbocycles. The first-order chi connectivity index (χ1) is 9.79. The third-order valence-corrected chi connectivity index (χ3v) is 4.19. The Bertz CT molecular complexity index is 573. The molecule has 108 valence electrons. The number of nitrogens with zero attached hydrogens (tertiary/aromatic N) is 1. The summed E-state index contributed by atoms with van der Waals surface area (Å²) in [7, 11) is 2.18. The van der Waals surface area contributed by atoms with E-state index in [9.17, 15) is 0 Å². The van der Waals surface area contributed by atoms with Crippen LogP contribution in [0.1, 0.15) is 24.2 Å². The van der Waals surface area contributed by atoms with Crippen LogP contribution in [0.15, 0.2) is 28.7 Å². The molecule has 1 aromatic carbocycles. The van der Waals surface area contributed by atoms with Crippen LogP contribution in [-0.2, 0) is 17.8 Å². The van der Waals surface area contributed by atoms with Gasteiger partial charge in [0.1, 0.15) is 11.3 Å². The maximum atomic E-state index is 5.86. The quantitative estimate of drug-likeness (QED) is 0.930. The maximum Gasteiger partial charge on any atom is 0.134 e. The predicted molar refractivity (Wildman–Crippen MR) is 79.4 cm³/mol. The molecule has 20 heavy (non-hydrogen) atoms. The minimum absolute atomic E-state index is 0.450. The summed E-state index contributed by atoms with van der Waals surface area (Å²) in [4.78, 5) is 2.40. The van der Waals surface area contributed by atoms with E-state index in [1.807, 2.05) is 12.1 Å². The van der Waals surface area contributed by atoms with Gasteiger partial charge in [0.25, 0.3) is 0 Å². The van der Waals surface area contributed by atoms with E-state index in [0.717, 1.165) is 43.9 Å². The lowest BCUT2D eigenvalue weighted by Gasteiger charge is -2.31. The minimum Gasteiger partial charge on any atom is -0.459 e. The fraction of sp³-hybridized carbons (Fsp3) is 0.500. The monoisotopic (exact) mass is 274 g/mol. The van der Waals surface area contributed by atoms with Gasteiger partial charge in [0.15, 0.2) is 0 Å². The Morgan fingerprint density at radius 1 is 1.25 bits per heavy atom. The highest BCUT2D eigenvalue weighted by atomic mass is 16.5. The molecule has 4 nitrogen and oxygen atoms in total. The van der Waals surface area contributed by atoms with Gasteiger partial charge in [-0.25, -0.2) is 0 Å². The van der Waals surface area contributed by atoms with E-state index < -0.39 is 0 Å². The molecule has 0 bridgehead atoms. The number of benzene rings is 1. The van der Waals surface area contributed by atoms with Crippen molar-refractivity contribution >= 4 is 11.0 Å². The minimum atomic E-state index is 0.450. The first-order valence-corrected chi connectivity index (χ1v) is 7.27. The standard InChI is InChI=1S/C16H22N2O2/c1-18(12-6-8-19-9-7-12)11-14-13-4-2-3-5-15(13)20-16(14)10-17/h2-5,12H,6-11,17H2,1H3. The largest absolute Gasteiger partial charge is 0.459 e. The van der Waals surface area contributed by atoms with Crippen molar-refractivity contribution in [2.75, 3.05) is 20.3 Å². The molecule has 1 fully saturated rings. The van der Waals surface area contributed by atoms with Gasteiger partial charge in [-0.1, -0.05) is 18.2 Å². The third-order valence-electron chi connectivity index (χ3n) is 4.19. The molecule has 0 radical (unpaired) electrons. The van der Waals surface area contributed by atoms with E-state index in [-0.39, 0.29) is 0 Å². The van der Waals surface area contributed by atoms with Crippen LogP contribution in [0, 0.1) is 0 Å². The van der Waals surface area contributed by atoms with Gasteiger partial charge in [0.2, 0.25) is 0 Å². The Morgan fingerprint density at radius 3 is 2.75 bits per heavy atom. The van der Waals surface area contributed by atoms with Gasteiger partial charge in [-0.3, -0.25) is 4.90 Å². The molecule has 3 rings (SSSR count). The number of nitrogens with two attached hydrogens (primary N) is 1. The number of rotatable bonds is 4. The smallest absolute Gasteiger partial charge is 0.134 e. The number of fused-ring (bicyclic) bond motifs is 1. The molecular formula is C16H22N2O2. The number of hydrogen-bond donors (Lipinski definition) is 1. The number of hydrogen-bond acceptors (Lipinski definition) is 4. The second-order valence-electron chi connectivity index (χ2n) is 5.46. The Morgan fingerprint density at radius 2 is 2.00 bits per heavy atom. The lowest BCUT2D eigenvalue weighted by atomic mass is 10.1. The SMILES string of the molecule is CN(Cc1c(CN)oc2ccccc12)C1CCOCC1. The summed E-state index contributed by atoms with van der Waals surface area (Å²) in [6.45, 7) is 3.07. The second-order valence-corrected chi connectivity index (χ2v) is 5.46. The van der Waals surface area contributed by atoms with Crippen molar-refractivity contribution in [3.8, 4) is 0 Å². The molecule has 0 atom stereocenters. The van der Waals surface area contributed by atoms with Crippen molar-refractivity contribution in [3.63, 3.8) is 0 Å². The molecule has 4 heteroatoms. The molecule has 1 aromatic heterocycles. The zero-order chi connectivity index (χ0) is 13.9. The fourth-order valence-corrected chi connectivity index (χ4v) is 2.99. The van der Waals surface area contributed by atoms with Crippen molar-refractivity contribution in [2.45, 2.75) is 32.0 Å². The second kappa shape index (κ2) is 5.95. The van der Waals surface area contributed by atoms with Crippen LogP contribution >= 0.6 is 0 Å². The van der Waals surface area contributed by atoms with Crippen LogP contribution in [0.3, 0.4) is 0 Å².